The highest BCUT2D eigenvalue weighted by Gasteiger charge is 2.27. The lowest BCUT2D eigenvalue weighted by Crippen LogP contribution is -2.20. The van der Waals surface area contributed by atoms with E-state index in [1.54, 1.807) is 31.4 Å². The van der Waals surface area contributed by atoms with Crippen LogP contribution in [0.5, 0.6) is 5.75 Å². The van der Waals surface area contributed by atoms with Crippen molar-refractivity contribution in [1.29, 1.82) is 0 Å². The largest absolute Gasteiger partial charge is 0.497 e. The summed E-state index contributed by atoms with van der Waals surface area (Å²) < 4.78 is 8.95. The van der Waals surface area contributed by atoms with E-state index in [2.05, 4.69) is 34.3 Å². The van der Waals surface area contributed by atoms with Crippen LogP contribution in [0.15, 0.2) is 24.3 Å². The van der Waals surface area contributed by atoms with Gasteiger partial charge in [-0.25, -0.2) is 4.68 Å². The highest BCUT2D eigenvalue weighted by atomic mass is 16.5. The van der Waals surface area contributed by atoms with Crippen LogP contribution in [0.1, 0.15) is 45.5 Å². The Labute approximate surface area is 163 Å². The van der Waals surface area contributed by atoms with Gasteiger partial charge in [0, 0.05) is 31.3 Å². The van der Waals surface area contributed by atoms with Gasteiger partial charge in [-0.1, -0.05) is 0 Å². The van der Waals surface area contributed by atoms with Gasteiger partial charge in [0.25, 0.3) is 5.91 Å². The Bertz CT molecular complexity index is 1020. The summed E-state index contributed by atoms with van der Waals surface area (Å²) in [6.07, 6.45) is 1.77. The van der Waals surface area contributed by atoms with E-state index in [4.69, 9.17) is 4.74 Å². The minimum Gasteiger partial charge on any atom is -0.497 e. The number of fused-ring (bicyclic) bond motifs is 1. The molecule has 0 bridgehead atoms. The van der Waals surface area contributed by atoms with E-state index in [0.717, 1.165) is 30.9 Å². The van der Waals surface area contributed by atoms with Crippen molar-refractivity contribution in [3.8, 4) is 5.75 Å². The summed E-state index contributed by atoms with van der Waals surface area (Å²) >= 11 is 0. The molecule has 1 atom stereocenters. The number of methoxy groups -OCH3 is 1. The average molecular weight is 380 g/mol. The first-order valence-corrected chi connectivity index (χ1v) is 9.35. The molecule has 1 aliphatic rings. The van der Waals surface area contributed by atoms with Crippen LogP contribution in [-0.4, -0.2) is 37.6 Å². The van der Waals surface area contributed by atoms with Gasteiger partial charge < -0.3 is 4.74 Å². The lowest BCUT2D eigenvalue weighted by Gasteiger charge is -2.22. The van der Waals surface area contributed by atoms with Crippen molar-refractivity contribution in [3.05, 3.63) is 52.6 Å². The number of anilines is 1. The minimum atomic E-state index is -0.235. The number of aromatic nitrogens is 5. The maximum atomic E-state index is 12.5. The maximum absolute atomic E-state index is 12.5. The van der Waals surface area contributed by atoms with Crippen molar-refractivity contribution in [2.45, 2.75) is 39.2 Å². The van der Waals surface area contributed by atoms with Crippen molar-refractivity contribution in [2.24, 2.45) is 7.05 Å². The molecule has 4 rings (SSSR count). The van der Waals surface area contributed by atoms with E-state index in [0.29, 0.717) is 23.2 Å². The van der Waals surface area contributed by atoms with Crippen molar-refractivity contribution < 1.29 is 9.53 Å². The van der Waals surface area contributed by atoms with Crippen LogP contribution in [0.2, 0.25) is 0 Å². The summed E-state index contributed by atoms with van der Waals surface area (Å²) in [7, 11) is 3.57. The molecule has 146 valence electrons. The van der Waals surface area contributed by atoms with Crippen LogP contribution < -0.4 is 10.1 Å². The Morgan fingerprint density at radius 2 is 1.96 bits per heavy atom. The molecule has 3 heterocycles. The van der Waals surface area contributed by atoms with Crippen LogP contribution in [-0.2, 0) is 20.0 Å². The highest BCUT2D eigenvalue weighted by molar-refractivity contribution is 6.03. The zero-order valence-electron chi connectivity index (χ0n) is 16.6. The fourth-order valence-corrected chi connectivity index (χ4v) is 3.90. The standard InChI is InChI=1S/C20H24N6O2/c1-12-18(13(2)25(3)23-12)15-9-10-26-17(11-15)21-20(24-26)22-19(27)14-5-7-16(28-4)8-6-14/h5-8,15H,9-11H2,1-4H3,(H,22,24,27). The van der Waals surface area contributed by atoms with E-state index in [9.17, 15) is 4.79 Å². The summed E-state index contributed by atoms with van der Waals surface area (Å²) in [5.41, 5.74) is 4.11. The first-order chi connectivity index (χ1) is 13.5. The summed E-state index contributed by atoms with van der Waals surface area (Å²) in [5.74, 6) is 2.08. The van der Waals surface area contributed by atoms with Crippen molar-refractivity contribution in [3.63, 3.8) is 0 Å². The molecule has 8 heteroatoms. The zero-order valence-corrected chi connectivity index (χ0v) is 16.6. The lowest BCUT2D eigenvalue weighted by atomic mass is 9.89. The van der Waals surface area contributed by atoms with Crippen molar-refractivity contribution in [2.75, 3.05) is 12.4 Å². The van der Waals surface area contributed by atoms with E-state index in [1.165, 1.54) is 11.3 Å². The molecule has 1 unspecified atom stereocenters. The van der Waals surface area contributed by atoms with Crippen LogP contribution in [0, 0.1) is 13.8 Å². The quantitative estimate of drug-likeness (QED) is 0.752. The SMILES string of the molecule is COc1ccc(C(=O)Nc2nc3n(n2)CCC(c2c(C)nn(C)c2C)C3)cc1. The monoisotopic (exact) mass is 380 g/mol. The number of nitrogens with one attached hydrogen (secondary N) is 1. The molecular formula is C20H24N6O2. The molecule has 0 fully saturated rings. The van der Waals surface area contributed by atoms with Crippen LogP contribution in [0.3, 0.4) is 0 Å². The number of hydrogen-bond donors (Lipinski definition) is 1. The summed E-state index contributed by atoms with van der Waals surface area (Å²) in [6.45, 7) is 4.94. The molecule has 0 radical (unpaired) electrons. The number of nitrogens with zero attached hydrogens (tertiary/aromatic N) is 5. The number of aryl methyl sites for hydroxylation is 3. The number of rotatable bonds is 4. The second-order valence-electron chi connectivity index (χ2n) is 7.16. The number of ether oxygens (including phenoxy) is 1. The van der Waals surface area contributed by atoms with Gasteiger partial charge in [0.05, 0.1) is 12.8 Å². The number of carbonyl (C=O) groups is 1. The summed E-state index contributed by atoms with van der Waals surface area (Å²) in [6, 6.07) is 6.94. The molecule has 1 amide bonds. The number of hydrogen-bond acceptors (Lipinski definition) is 5. The molecule has 0 spiro atoms. The van der Waals surface area contributed by atoms with Gasteiger partial charge in [0.1, 0.15) is 11.6 Å². The molecule has 1 aromatic carbocycles. The van der Waals surface area contributed by atoms with Crippen molar-refractivity contribution >= 4 is 11.9 Å². The van der Waals surface area contributed by atoms with E-state index < -0.39 is 0 Å². The zero-order chi connectivity index (χ0) is 19.8. The normalized spacial score (nSPS) is 15.9. The smallest absolute Gasteiger partial charge is 0.258 e. The van der Waals surface area contributed by atoms with Gasteiger partial charge in [-0.3, -0.25) is 14.8 Å². The molecule has 0 saturated carbocycles. The first-order valence-electron chi connectivity index (χ1n) is 9.35. The summed E-state index contributed by atoms with van der Waals surface area (Å²) in [5, 5.41) is 11.8. The third-order valence-corrected chi connectivity index (χ3v) is 5.42. The van der Waals surface area contributed by atoms with Crippen LogP contribution in [0.4, 0.5) is 5.95 Å². The molecular weight excluding hydrogens is 356 g/mol. The number of carbonyl (C=O) groups excluding carboxylic acids is 1. The van der Waals surface area contributed by atoms with E-state index >= 15 is 0 Å². The Morgan fingerprint density at radius 3 is 2.61 bits per heavy atom. The highest BCUT2D eigenvalue weighted by Crippen LogP contribution is 2.32. The summed E-state index contributed by atoms with van der Waals surface area (Å²) in [4.78, 5) is 17.0. The second kappa shape index (κ2) is 7.10. The average Bonchev–Trinajstić information content (AvgIpc) is 3.20. The van der Waals surface area contributed by atoms with Crippen LogP contribution in [0.25, 0.3) is 0 Å². The van der Waals surface area contributed by atoms with Gasteiger partial charge in [-0.15, -0.1) is 5.10 Å². The fourth-order valence-electron chi connectivity index (χ4n) is 3.90. The first kappa shape index (κ1) is 18.2. The van der Waals surface area contributed by atoms with Gasteiger partial charge >= 0.3 is 0 Å². The lowest BCUT2D eigenvalue weighted by molar-refractivity contribution is 0.102. The topological polar surface area (TPSA) is 86.9 Å². The molecule has 8 nitrogen and oxygen atoms in total. The van der Waals surface area contributed by atoms with E-state index in [-0.39, 0.29) is 5.91 Å². The molecule has 0 aliphatic carbocycles. The predicted octanol–water partition coefficient (Wildman–Crippen LogP) is 2.62. The molecule has 1 N–H and O–H groups in total. The molecule has 0 saturated heterocycles. The Kier molecular flexibility index (Phi) is 4.62. The number of amides is 1. The molecule has 1 aliphatic heterocycles. The van der Waals surface area contributed by atoms with Gasteiger partial charge in [0.2, 0.25) is 5.95 Å². The fraction of sp³-hybridized carbons (Fsp3) is 0.400. The third kappa shape index (κ3) is 3.26. The Morgan fingerprint density at radius 1 is 1.21 bits per heavy atom. The number of benzene rings is 1. The van der Waals surface area contributed by atoms with Gasteiger partial charge in [-0.05, 0) is 56.0 Å². The third-order valence-electron chi connectivity index (χ3n) is 5.42. The minimum absolute atomic E-state index is 0.235. The Balaban J connectivity index is 1.50. The second-order valence-corrected chi connectivity index (χ2v) is 7.16. The Hall–Kier alpha value is -3.16. The van der Waals surface area contributed by atoms with Crippen LogP contribution >= 0.6 is 0 Å². The molecule has 3 aromatic rings. The maximum Gasteiger partial charge on any atom is 0.258 e. The van der Waals surface area contributed by atoms with Crippen molar-refractivity contribution in [1.82, 2.24) is 24.5 Å². The predicted molar refractivity (Wildman–Crippen MR) is 105 cm³/mol. The molecule has 2 aromatic heterocycles. The van der Waals surface area contributed by atoms with E-state index in [1.807, 2.05) is 16.4 Å². The molecule has 28 heavy (non-hydrogen) atoms. The van der Waals surface area contributed by atoms with Gasteiger partial charge in [0.15, 0.2) is 0 Å². The van der Waals surface area contributed by atoms with Gasteiger partial charge in [-0.2, -0.15) is 10.1 Å².